The molecule has 0 radical (unpaired) electrons. The molecule has 1 N–H and O–H groups in total. The molecule has 9 nitrogen and oxygen atoms in total. The van der Waals surface area contributed by atoms with Crippen LogP contribution in [0.2, 0.25) is 0 Å². The number of hydrogen-bond donors (Lipinski definition) is 1. The lowest BCUT2D eigenvalue weighted by Gasteiger charge is -2.64. The molecule has 8 atom stereocenters. The minimum absolute atomic E-state index is 0.0212. The molecule has 2 fully saturated rings. The lowest BCUT2D eigenvalue weighted by atomic mass is 9.46. The fourth-order valence-corrected chi connectivity index (χ4v) is 7.81. The van der Waals surface area contributed by atoms with Gasteiger partial charge in [0.05, 0.1) is 12.2 Å². The van der Waals surface area contributed by atoms with E-state index in [0.717, 1.165) is 12.8 Å². The van der Waals surface area contributed by atoms with Crippen LogP contribution >= 0.6 is 0 Å². The van der Waals surface area contributed by atoms with Crippen LogP contribution in [-0.4, -0.2) is 46.8 Å². The van der Waals surface area contributed by atoms with Crippen molar-refractivity contribution in [3.05, 3.63) is 46.6 Å². The van der Waals surface area contributed by atoms with Gasteiger partial charge < -0.3 is 28.5 Å². The van der Waals surface area contributed by atoms with E-state index in [4.69, 9.17) is 23.4 Å². The van der Waals surface area contributed by atoms with E-state index < -0.39 is 40.6 Å². The van der Waals surface area contributed by atoms with Crippen LogP contribution in [0.1, 0.15) is 85.3 Å². The summed E-state index contributed by atoms with van der Waals surface area (Å²) in [5.41, 5.74) is -1.45. The van der Waals surface area contributed by atoms with Crippen LogP contribution in [0.3, 0.4) is 0 Å². The molecule has 3 aliphatic rings. The Bertz CT molecular complexity index is 1320. The molecule has 2 aromatic heterocycles. The van der Waals surface area contributed by atoms with Gasteiger partial charge in [-0.15, -0.1) is 0 Å². The van der Waals surface area contributed by atoms with Crippen LogP contribution in [0, 0.1) is 23.2 Å². The Balaban J connectivity index is 1.59. The van der Waals surface area contributed by atoms with Gasteiger partial charge in [-0.1, -0.05) is 20.8 Å². The third-order valence-electron chi connectivity index (χ3n) is 9.96. The van der Waals surface area contributed by atoms with E-state index >= 15 is 0 Å². The van der Waals surface area contributed by atoms with Crippen molar-refractivity contribution in [2.45, 2.75) is 103 Å². The normalized spacial score (nSPS) is 34.5. The van der Waals surface area contributed by atoms with Gasteiger partial charge in [0.1, 0.15) is 28.8 Å². The van der Waals surface area contributed by atoms with Crippen molar-refractivity contribution in [2.75, 3.05) is 7.11 Å². The SMILES string of the molecule is CCCC(=O)OC1CC2C(C)C(OC(C)(C)OC)CCC2(C)C2C(O)c3c(cc(-c4cccnc4)oc3=O)O[C@]12C. The van der Waals surface area contributed by atoms with Gasteiger partial charge in [0.15, 0.2) is 5.79 Å². The van der Waals surface area contributed by atoms with E-state index in [1.54, 1.807) is 37.7 Å². The molecule has 9 heteroatoms. The maximum atomic E-state index is 13.4. The number of carbonyl (C=O) groups excluding carboxylic acids is 1. The molecule has 2 saturated carbocycles. The Kier molecular flexibility index (Phi) is 7.85. The largest absolute Gasteiger partial charge is 0.482 e. The molecule has 1 aliphatic heterocycles. The Morgan fingerprint density at radius 1 is 1.29 bits per heavy atom. The number of ether oxygens (including phenoxy) is 4. The van der Waals surface area contributed by atoms with Crippen LogP contribution in [-0.2, 0) is 19.0 Å². The van der Waals surface area contributed by atoms with Crippen LogP contribution < -0.4 is 10.4 Å². The first kappa shape index (κ1) is 29.7. The van der Waals surface area contributed by atoms with Crippen LogP contribution in [0.15, 0.2) is 39.8 Å². The highest BCUT2D eigenvalue weighted by Gasteiger charge is 2.67. The average Bonchev–Trinajstić information content (AvgIpc) is 2.91. The summed E-state index contributed by atoms with van der Waals surface area (Å²) in [7, 11) is 1.63. The average molecular weight is 570 g/mol. The second kappa shape index (κ2) is 10.8. The zero-order valence-electron chi connectivity index (χ0n) is 25.1. The van der Waals surface area contributed by atoms with Crippen LogP contribution in [0.4, 0.5) is 0 Å². The highest BCUT2D eigenvalue weighted by molar-refractivity contribution is 5.69. The lowest BCUT2D eigenvalue weighted by molar-refractivity contribution is -0.279. The zero-order valence-corrected chi connectivity index (χ0v) is 25.1. The number of fused-ring (bicyclic) bond motifs is 4. The fraction of sp³-hybridized carbons (Fsp3) is 0.656. The third kappa shape index (κ3) is 5.10. The number of hydrogen-bond acceptors (Lipinski definition) is 9. The summed E-state index contributed by atoms with van der Waals surface area (Å²) in [4.78, 5) is 30.4. The number of esters is 1. The number of rotatable bonds is 7. The van der Waals surface area contributed by atoms with Crippen molar-refractivity contribution in [1.82, 2.24) is 4.98 Å². The molecule has 0 saturated heterocycles. The molecule has 0 aromatic carbocycles. The predicted molar refractivity (Wildman–Crippen MR) is 151 cm³/mol. The van der Waals surface area contributed by atoms with E-state index in [2.05, 4.69) is 18.8 Å². The second-order valence-corrected chi connectivity index (χ2v) is 12.9. The second-order valence-electron chi connectivity index (χ2n) is 12.9. The van der Waals surface area contributed by atoms with Gasteiger partial charge in [0.25, 0.3) is 0 Å². The minimum atomic E-state index is -1.18. The number of aromatic nitrogens is 1. The van der Waals surface area contributed by atoms with Crippen molar-refractivity contribution in [1.29, 1.82) is 0 Å². The smallest absolute Gasteiger partial charge is 0.345 e. The number of carbonyl (C=O) groups is 1. The molecule has 0 bridgehead atoms. The highest BCUT2D eigenvalue weighted by Crippen LogP contribution is 2.65. The van der Waals surface area contributed by atoms with Gasteiger partial charge in [-0.2, -0.15) is 0 Å². The highest BCUT2D eigenvalue weighted by atomic mass is 16.7. The minimum Gasteiger partial charge on any atom is -0.482 e. The lowest BCUT2D eigenvalue weighted by Crippen LogP contribution is -2.69. The standard InChI is InChI=1S/C32H43NO8/c1-8-10-25(34)39-24-15-20-18(2)21(40-30(3,4)37-7)12-13-31(20,5)28-27(35)26-23(41-32(24,28)6)16-22(38-29(26)36)19-11-9-14-33-17-19/h9,11,14,16-18,20-21,24,27-28,35H,8,10,12-13,15H2,1-7H3/t18?,20?,21?,24?,27?,28?,31?,32-/m1/s1. The van der Waals surface area contributed by atoms with Gasteiger partial charge in [0, 0.05) is 43.5 Å². The van der Waals surface area contributed by atoms with Crippen LogP contribution in [0.25, 0.3) is 11.3 Å². The third-order valence-corrected chi connectivity index (χ3v) is 9.96. The molecule has 2 aromatic rings. The summed E-state index contributed by atoms with van der Waals surface area (Å²) in [6.45, 7) is 12.0. The van der Waals surface area contributed by atoms with Gasteiger partial charge >= 0.3 is 11.6 Å². The van der Waals surface area contributed by atoms with Crippen molar-refractivity contribution < 1.29 is 33.3 Å². The Morgan fingerprint density at radius 3 is 2.71 bits per heavy atom. The molecule has 0 amide bonds. The summed E-state index contributed by atoms with van der Waals surface area (Å²) in [5, 5.41) is 12.1. The van der Waals surface area contributed by atoms with E-state index in [-0.39, 0.29) is 41.6 Å². The van der Waals surface area contributed by atoms with Crippen molar-refractivity contribution in [3.8, 4) is 17.1 Å². The maximum Gasteiger partial charge on any atom is 0.345 e. The Hall–Kier alpha value is -2.75. The molecular weight excluding hydrogens is 526 g/mol. The first-order valence-electron chi connectivity index (χ1n) is 14.7. The van der Waals surface area contributed by atoms with Gasteiger partial charge in [-0.25, -0.2) is 4.79 Å². The Labute approximate surface area is 241 Å². The van der Waals surface area contributed by atoms with Crippen molar-refractivity contribution >= 4 is 5.97 Å². The molecular formula is C32H43NO8. The summed E-state index contributed by atoms with van der Waals surface area (Å²) >= 11 is 0. The van der Waals surface area contributed by atoms with Gasteiger partial charge in [0.2, 0.25) is 0 Å². The predicted octanol–water partition coefficient (Wildman–Crippen LogP) is 5.44. The number of pyridine rings is 1. The van der Waals surface area contributed by atoms with E-state index in [0.29, 0.717) is 24.2 Å². The molecule has 224 valence electrons. The summed E-state index contributed by atoms with van der Waals surface area (Å²) in [5.74, 6) is -0.956. The van der Waals surface area contributed by atoms with Crippen molar-refractivity contribution in [3.63, 3.8) is 0 Å². The summed E-state index contributed by atoms with van der Waals surface area (Å²) in [6.07, 6.45) is 4.32. The molecule has 7 unspecified atom stereocenters. The van der Waals surface area contributed by atoms with Gasteiger partial charge in [-0.3, -0.25) is 9.78 Å². The monoisotopic (exact) mass is 569 g/mol. The van der Waals surface area contributed by atoms with E-state index in [1.807, 2.05) is 27.7 Å². The fourth-order valence-electron chi connectivity index (χ4n) is 7.81. The van der Waals surface area contributed by atoms with E-state index in [1.165, 1.54) is 0 Å². The zero-order chi connectivity index (χ0) is 29.7. The summed E-state index contributed by atoms with van der Waals surface area (Å²) in [6, 6.07) is 5.18. The number of aliphatic hydroxyl groups is 1. The molecule has 0 spiro atoms. The number of methoxy groups -OCH3 is 1. The molecule has 5 rings (SSSR count). The van der Waals surface area contributed by atoms with Gasteiger partial charge in [-0.05, 0) is 75.8 Å². The number of aliphatic hydroxyl groups excluding tert-OH is 1. The first-order chi connectivity index (χ1) is 19.3. The Morgan fingerprint density at radius 2 is 2.05 bits per heavy atom. The summed E-state index contributed by atoms with van der Waals surface area (Å²) < 4.78 is 30.6. The molecule has 2 aliphatic carbocycles. The van der Waals surface area contributed by atoms with E-state index in [9.17, 15) is 14.7 Å². The molecule has 3 heterocycles. The molecule has 41 heavy (non-hydrogen) atoms. The number of nitrogens with zero attached hydrogens (tertiary/aromatic N) is 1. The maximum absolute atomic E-state index is 13.4. The first-order valence-corrected chi connectivity index (χ1v) is 14.7. The topological polar surface area (TPSA) is 117 Å². The van der Waals surface area contributed by atoms with Crippen molar-refractivity contribution in [2.24, 2.45) is 23.2 Å². The quantitative estimate of drug-likeness (QED) is 0.344. The van der Waals surface area contributed by atoms with Crippen LogP contribution in [0.5, 0.6) is 5.75 Å².